The van der Waals surface area contributed by atoms with Crippen LogP contribution in [0.15, 0.2) is 42.6 Å². The Morgan fingerprint density at radius 3 is 2.69 bits per heavy atom. The maximum Gasteiger partial charge on any atom is 0.124 e. The van der Waals surface area contributed by atoms with Gasteiger partial charge in [0.05, 0.1) is 0 Å². The Balaban J connectivity index is 2.25. The summed E-state index contributed by atoms with van der Waals surface area (Å²) in [6.45, 7) is 1.97. The van der Waals surface area contributed by atoms with Gasteiger partial charge in [0.15, 0.2) is 0 Å². The van der Waals surface area contributed by atoms with Crippen LogP contribution in [-0.4, -0.2) is 4.98 Å². The maximum absolute atomic E-state index is 12.9. The third-order valence-electron chi connectivity index (χ3n) is 2.07. The molecule has 0 amide bonds. The number of hydrogen-bond acceptors (Lipinski definition) is 1. The number of benzene rings is 1. The zero-order valence-corrected chi connectivity index (χ0v) is 8.87. The molecular weight excluding hydrogens is 201 g/mol. The average Bonchev–Trinajstić information content (AvgIpc) is 2.28. The van der Waals surface area contributed by atoms with Crippen LogP contribution in [0.3, 0.4) is 0 Å². The van der Waals surface area contributed by atoms with Gasteiger partial charge in [0.1, 0.15) is 11.5 Å². The SMILES string of the molecule is Cc1ccc(C#Cc2cccc(F)c2)nc1. The third-order valence-corrected chi connectivity index (χ3v) is 2.07. The van der Waals surface area contributed by atoms with E-state index < -0.39 is 0 Å². The molecule has 2 aromatic rings. The highest BCUT2D eigenvalue weighted by Gasteiger charge is 1.91. The Hall–Kier alpha value is -2.14. The van der Waals surface area contributed by atoms with Crippen LogP contribution in [-0.2, 0) is 0 Å². The molecule has 0 radical (unpaired) electrons. The van der Waals surface area contributed by atoms with Crippen LogP contribution in [0.25, 0.3) is 0 Å². The van der Waals surface area contributed by atoms with E-state index in [0.717, 1.165) is 5.56 Å². The van der Waals surface area contributed by atoms with Crippen LogP contribution in [0.5, 0.6) is 0 Å². The molecule has 0 saturated heterocycles. The summed E-state index contributed by atoms with van der Waals surface area (Å²) >= 11 is 0. The monoisotopic (exact) mass is 211 g/mol. The van der Waals surface area contributed by atoms with Crippen LogP contribution in [0.1, 0.15) is 16.8 Å². The van der Waals surface area contributed by atoms with Crippen molar-refractivity contribution in [2.45, 2.75) is 6.92 Å². The van der Waals surface area contributed by atoms with Crippen molar-refractivity contribution in [2.24, 2.45) is 0 Å². The molecular formula is C14H10FN. The normalized spacial score (nSPS) is 9.38. The first-order chi connectivity index (χ1) is 7.74. The van der Waals surface area contributed by atoms with Crippen molar-refractivity contribution in [3.63, 3.8) is 0 Å². The fraction of sp³-hybridized carbons (Fsp3) is 0.0714. The Morgan fingerprint density at radius 1 is 1.12 bits per heavy atom. The first-order valence-corrected chi connectivity index (χ1v) is 4.94. The number of halogens is 1. The van der Waals surface area contributed by atoms with E-state index in [0.29, 0.717) is 11.3 Å². The molecule has 1 aromatic heterocycles. The number of nitrogens with zero attached hydrogens (tertiary/aromatic N) is 1. The van der Waals surface area contributed by atoms with Crippen molar-refractivity contribution < 1.29 is 4.39 Å². The fourth-order valence-electron chi connectivity index (χ4n) is 1.24. The number of aromatic nitrogens is 1. The molecule has 0 atom stereocenters. The zero-order valence-electron chi connectivity index (χ0n) is 8.87. The van der Waals surface area contributed by atoms with Gasteiger partial charge < -0.3 is 0 Å². The summed E-state index contributed by atoms with van der Waals surface area (Å²) in [5, 5.41) is 0. The molecule has 0 aliphatic rings. The van der Waals surface area contributed by atoms with Gasteiger partial charge in [0.25, 0.3) is 0 Å². The van der Waals surface area contributed by atoms with E-state index in [-0.39, 0.29) is 5.82 Å². The van der Waals surface area contributed by atoms with Gasteiger partial charge in [-0.1, -0.05) is 18.1 Å². The summed E-state index contributed by atoms with van der Waals surface area (Å²) in [4.78, 5) is 4.15. The standard InChI is InChI=1S/C14H10FN/c1-11-5-7-14(16-10-11)8-6-12-3-2-4-13(15)9-12/h2-5,7,9-10H,1H3. The zero-order chi connectivity index (χ0) is 11.4. The molecule has 16 heavy (non-hydrogen) atoms. The number of rotatable bonds is 0. The minimum absolute atomic E-state index is 0.274. The van der Waals surface area contributed by atoms with Crippen LogP contribution in [0.2, 0.25) is 0 Å². The summed E-state index contributed by atoms with van der Waals surface area (Å²) in [7, 11) is 0. The van der Waals surface area contributed by atoms with Gasteiger partial charge in [-0.05, 0) is 42.7 Å². The third kappa shape index (κ3) is 2.68. The van der Waals surface area contributed by atoms with Gasteiger partial charge in [0, 0.05) is 11.8 Å². The summed E-state index contributed by atoms with van der Waals surface area (Å²) in [6, 6.07) is 10.0. The molecule has 2 rings (SSSR count). The molecule has 0 N–H and O–H groups in total. The second kappa shape index (κ2) is 4.59. The van der Waals surface area contributed by atoms with E-state index >= 15 is 0 Å². The largest absolute Gasteiger partial charge is 0.248 e. The van der Waals surface area contributed by atoms with Crippen LogP contribution in [0, 0.1) is 24.6 Å². The molecule has 0 bridgehead atoms. The maximum atomic E-state index is 12.9. The lowest BCUT2D eigenvalue weighted by Gasteiger charge is -1.92. The molecule has 0 fully saturated rings. The van der Waals surface area contributed by atoms with Gasteiger partial charge in [0.2, 0.25) is 0 Å². The molecule has 0 aliphatic carbocycles. The Morgan fingerprint density at radius 2 is 2.00 bits per heavy atom. The van der Waals surface area contributed by atoms with Gasteiger partial charge >= 0.3 is 0 Å². The summed E-state index contributed by atoms with van der Waals surface area (Å²) in [5.74, 6) is 5.48. The van der Waals surface area contributed by atoms with E-state index in [1.165, 1.54) is 12.1 Å². The Kier molecular flexibility index (Phi) is 2.98. The number of hydrogen-bond donors (Lipinski definition) is 0. The van der Waals surface area contributed by atoms with E-state index in [9.17, 15) is 4.39 Å². The fourth-order valence-corrected chi connectivity index (χ4v) is 1.24. The average molecular weight is 211 g/mol. The molecule has 1 nitrogen and oxygen atoms in total. The lowest BCUT2D eigenvalue weighted by Crippen LogP contribution is -1.83. The first kappa shape index (κ1) is 10.4. The molecule has 78 valence electrons. The molecule has 0 unspecified atom stereocenters. The minimum Gasteiger partial charge on any atom is -0.248 e. The minimum atomic E-state index is -0.274. The van der Waals surface area contributed by atoms with Crippen molar-refractivity contribution in [2.75, 3.05) is 0 Å². The van der Waals surface area contributed by atoms with Crippen molar-refractivity contribution >= 4 is 0 Å². The first-order valence-electron chi connectivity index (χ1n) is 4.94. The van der Waals surface area contributed by atoms with E-state index in [4.69, 9.17) is 0 Å². The number of aryl methyl sites for hydroxylation is 1. The van der Waals surface area contributed by atoms with Gasteiger partial charge in [-0.2, -0.15) is 0 Å². The summed E-state index contributed by atoms with van der Waals surface area (Å²) in [5.41, 5.74) is 2.44. The van der Waals surface area contributed by atoms with Crippen LogP contribution < -0.4 is 0 Å². The van der Waals surface area contributed by atoms with Crippen LogP contribution in [0.4, 0.5) is 4.39 Å². The van der Waals surface area contributed by atoms with Crippen LogP contribution >= 0.6 is 0 Å². The van der Waals surface area contributed by atoms with E-state index in [1.54, 1.807) is 18.3 Å². The van der Waals surface area contributed by atoms with Gasteiger partial charge in [-0.3, -0.25) is 0 Å². The lowest BCUT2D eigenvalue weighted by molar-refractivity contribution is 0.627. The van der Waals surface area contributed by atoms with E-state index in [1.807, 2.05) is 19.1 Å². The highest BCUT2D eigenvalue weighted by molar-refractivity contribution is 5.40. The summed E-state index contributed by atoms with van der Waals surface area (Å²) in [6.07, 6.45) is 1.76. The molecule has 0 saturated carbocycles. The lowest BCUT2D eigenvalue weighted by atomic mass is 10.2. The number of pyridine rings is 1. The smallest absolute Gasteiger partial charge is 0.124 e. The van der Waals surface area contributed by atoms with Gasteiger partial charge in [-0.15, -0.1) is 0 Å². The topological polar surface area (TPSA) is 12.9 Å². The van der Waals surface area contributed by atoms with Gasteiger partial charge in [-0.25, -0.2) is 9.37 Å². The predicted molar refractivity (Wildman–Crippen MR) is 61.4 cm³/mol. The second-order valence-electron chi connectivity index (χ2n) is 3.48. The van der Waals surface area contributed by atoms with E-state index in [2.05, 4.69) is 16.8 Å². The molecule has 1 heterocycles. The molecule has 2 heteroatoms. The quantitative estimate of drug-likeness (QED) is 0.610. The molecule has 0 spiro atoms. The Labute approximate surface area is 94.0 Å². The molecule has 1 aromatic carbocycles. The highest BCUT2D eigenvalue weighted by atomic mass is 19.1. The second-order valence-corrected chi connectivity index (χ2v) is 3.48. The Bertz CT molecular complexity index is 547. The van der Waals surface area contributed by atoms with Crippen molar-refractivity contribution in [3.05, 3.63) is 65.2 Å². The van der Waals surface area contributed by atoms with Crippen molar-refractivity contribution in [3.8, 4) is 11.8 Å². The predicted octanol–water partition coefficient (Wildman–Crippen LogP) is 2.93. The molecule has 0 aliphatic heterocycles. The summed E-state index contributed by atoms with van der Waals surface area (Å²) < 4.78 is 12.9. The van der Waals surface area contributed by atoms with Crippen molar-refractivity contribution in [1.29, 1.82) is 0 Å². The van der Waals surface area contributed by atoms with Crippen molar-refractivity contribution in [1.82, 2.24) is 4.98 Å². The highest BCUT2D eigenvalue weighted by Crippen LogP contribution is 2.02.